The fourth-order valence-corrected chi connectivity index (χ4v) is 3.94. The fourth-order valence-electron chi connectivity index (χ4n) is 3.94. The van der Waals surface area contributed by atoms with Gasteiger partial charge in [-0.15, -0.1) is 24.0 Å². The van der Waals surface area contributed by atoms with Crippen LogP contribution in [0, 0.1) is 5.92 Å². The fraction of sp³-hybridized carbons (Fsp3) is 0.667. The Morgan fingerprint density at radius 2 is 1.67 bits per heavy atom. The van der Waals surface area contributed by atoms with E-state index in [4.69, 9.17) is 15.5 Å². The van der Waals surface area contributed by atoms with Crippen LogP contribution in [0.1, 0.15) is 44.1 Å². The highest BCUT2D eigenvalue weighted by molar-refractivity contribution is 14.0. The van der Waals surface area contributed by atoms with Crippen molar-refractivity contribution in [2.45, 2.75) is 45.1 Å². The van der Waals surface area contributed by atoms with Crippen LogP contribution < -0.4 is 10.5 Å². The van der Waals surface area contributed by atoms with Crippen LogP contribution in [0.2, 0.25) is 0 Å². The van der Waals surface area contributed by atoms with Gasteiger partial charge in [0.05, 0.1) is 7.11 Å². The van der Waals surface area contributed by atoms with Crippen molar-refractivity contribution in [1.29, 1.82) is 0 Å². The van der Waals surface area contributed by atoms with Crippen LogP contribution in [0.15, 0.2) is 29.3 Å². The number of nitrogens with zero attached hydrogens (tertiary/aromatic N) is 3. The van der Waals surface area contributed by atoms with E-state index in [0.29, 0.717) is 5.92 Å². The third-order valence-electron chi connectivity index (χ3n) is 5.71. The van der Waals surface area contributed by atoms with Crippen molar-refractivity contribution in [2.24, 2.45) is 16.6 Å². The number of nitrogens with two attached hydrogens (primary N) is 1. The molecule has 0 spiro atoms. The molecule has 2 N–H and O–H groups in total. The van der Waals surface area contributed by atoms with Gasteiger partial charge in [-0.05, 0) is 62.4 Å². The summed E-state index contributed by atoms with van der Waals surface area (Å²) in [7, 11) is 1.71. The normalized spacial score (nSPS) is 20.0. The van der Waals surface area contributed by atoms with Gasteiger partial charge >= 0.3 is 0 Å². The van der Waals surface area contributed by atoms with E-state index in [2.05, 4.69) is 21.9 Å². The second-order valence-electron chi connectivity index (χ2n) is 7.67. The Morgan fingerprint density at radius 3 is 2.26 bits per heavy atom. The van der Waals surface area contributed by atoms with E-state index in [9.17, 15) is 0 Å². The smallest absolute Gasteiger partial charge is 0.191 e. The molecule has 0 unspecified atom stereocenters. The summed E-state index contributed by atoms with van der Waals surface area (Å²) in [5.41, 5.74) is 7.60. The number of hydrogen-bond acceptors (Lipinski definition) is 3. The SMILES string of the molecule is COc1ccc(CN2CCC(CN=C(N)N3CCCCCC3)CC2)cc1.I. The van der Waals surface area contributed by atoms with Crippen molar-refractivity contribution in [3.8, 4) is 5.75 Å². The Balaban J connectivity index is 0.00000261. The number of halogens is 1. The second kappa shape index (κ2) is 11.7. The second-order valence-corrected chi connectivity index (χ2v) is 7.67. The number of methoxy groups -OCH3 is 1. The summed E-state index contributed by atoms with van der Waals surface area (Å²) in [6.07, 6.45) is 7.59. The Bertz CT molecular complexity index is 562. The molecule has 2 aliphatic rings. The maximum Gasteiger partial charge on any atom is 0.191 e. The van der Waals surface area contributed by atoms with Gasteiger partial charge in [0.1, 0.15) is 5.75 Å². The van der Waals surface area contributed by atoms with Gasteiger partial charge in [-0.1, -0.05) is 25.0 Å². The van der Waals surface area contributed by atoms with Crippen LogP contribution in [0.25, 0.3) is 0 Å². The number of guanidine groups is 1. The highest BCUT2D eigenvalue weighted by Gasteiger charge is 2.19. The van der Waals surface area contributed by atoms with Crippen LogP contribution >= 0.6 is 24.0 Å². The van der Waals surface area contributed by atoms with Gasteiger partial charge < -0.3 is 15.4 Å². The minimum atomic E-state index is 0. The predicted molar refractivity (Wildman–Crippen MR) is 123 cm³/mol. The summed E-state index contributed by atoms with van der Waals surface area (Å²) in [4.78, 5) is 9.55. The van der Waals surface area contributed by atoms with Gasteiger partial charge in [-0.3, -0.25) is 9.89 Å². The van der Waals surface area contributed by atoms with E-state index in [1.54, 1.807) is 7.11 Å². The molecule has 0 aliphatic carbocycles. The van der Waals surface area contributed by atoms with Crippen LogP contribution in [0.3, 0.4) is 0 Å². The first-order valence-electron chi connectivity index (χ1n) is 10.1. The van der Waals surface area contributed by atoms with Gasteiger partial charge in [-0.25, -0.2) is 0 Å². The predicted octanol–water partition coefficient (Wildman–Crippen LogP) is 3.72. The van der Waals surface area contributed by atoms with Crippen molar-refractivity contribution in [3.63, 3.8) is 0 Å². The summed E-state index contributed by atoms with van der Waals surface area (Å²) < 4.78 is 5.23. The molecule has 2 saturated heterocycles. The largest absolute Gasteiger partial charge is 0.497 e. The van der Waals surface area contributed by atoms with Crippen LogP contribution in [0.4, 0.5) is 0 Å². The Morgan fingerprint density at radius 1 is 1.04 bits per heavy atom. The average Bonchev–Trinajstić information content (AvgIpc) is 2.97. The highest BCUT2D eigenvalue weighted by Crippen LogP contribution is 2.20. The molecule has 0 radical (unpaired) electrons. The topological polar surface area (TPSA) is 54.1 Å². The van der Waals surface area contributed by atoms with E-state index >= 15 is 0 Å². The lowest BCUT2D eigenvalue weighted by Crippen LogP contribution is -2.39. The molecule has 1 aromatic rings. The number of hydrogen-bond donors (Lipinski definition) is 1. The zero-order valence-electron chi connectivity index (χ0n) is 16.6. The quantitative estimate of drug-likeness (QED) is 0.392. The lowest BCUT2D eigenvalue weighted by molar-refractivity contribution is 0.180. The average molecular weight is 486 g/mol. The van der Waals surface area contributed by atoms with Gasteiger partial charge in [0, 0.05) is 26.2 Å². The summed E-state index contributed by atoms with van der Waals surface area (Å²) >= 11 is 0. The molecule has 27 heavy (non-hydrogen) atoms. The molecular formula is C21H35IN4O. The van der Waals surface area contributed by atoms with Crippen molar-refractivity contribution in [1.82, 2.24) is 9.80 Å². The molecule has 0 amide bonds. The molecule has 5 nitrogen and oxygen atoms in total. The molecule has 6 heteroatoms. The van der Waals surface area contributed by atoms with E-state index in [1.807, 2.05) is 12.1 Å². The van der Waals surface area contributed by atoms with E-state index < -0.39 is 0 Å². The van der Waals surface area contributed by atoms with Crippen molar-refractivity contribution < 1.29 is 4.74 Å². The van der Waals surface area contributed by atoms with Crippen LogP contribution in [-0.4, -0.2) is 55.6 Å². The molecule has 2 fully saturated rings. The summed E-state index contributed by atoms with van der Waals surface area (Å²) in [6.45, 7) is 6.37. The number of likely N-dealkylation sites (tertiary alicyclic amines) is 2. The minimum absolute atomic E-state index is 0. The lowest BCUT2D eigenvalue weighted by Gasteiger charge is -2.31. The lowest BCUT2D eigenvalue weighted by atomic mass is 9.96. The minimum Gasteiger partial charge on any atom is -0.497 e. The molecular weight excluding hydrogens is 451 g/mol. The van der Waals surface area contributed by atoms with Crippen LogP contribution in [0.5, 0.6) is 5.75 Å². The van der Waals surface area contributed by atoms with E-state index in [0.717, 1.165) is 51.0 Å². The van der Waals surface area contributed by atoms with Crippen molar-refractivity contribution in [3.05, 3.63) is 29.8 Å². The highest BCUT2D eigenvalue weighted by atomic mass is 127. The van der Waals surface area contributed by atoms with Crippen molar-refractivity contribution >= 4 is 29.9 Å². The molecule has 0 atom stereocenters. The molecule has 0 bridgehead atoms. The van der Waals surface area contributed by atoms with Crippen molar-refractivity contribution in [2.75, 3.05) is 39.8 Å². The van der Waals surface area contributed by atoms with E-state index in [-0.39, 0.29) is 24.0 Å². The van der Waals surface area contributed by atoms with Crippen LogP contribution in [-0.2, 0) is 6.54 Å². The Labute approximate surface area is 181 Å². The number of rotatable bonds is 5. The van der Waals surface area contributed by atoms with Gasteiger partial charge in [0.2, 0.25) is 0 Å². The molecule has 0 aromatic heterocycles. The summed E-state index contributed by atoms with van der Waals surface area (Å²) in [5, 5.41) is 0. The number of ether oxygens (including phenoxy) is 1. The number of aliphatic imine (C=N–C) groups is 1. The monoisotopic (exact) mass is 486 g/mol. The van der Waals surface area contributed by atoms with Gasteiger partial charge in [0.25, 0.3) is 0 Å². The molecule has 1 aromatic carbocycles. The third-order valence-corrected chi connectivity index (χ3v) is 5.71. The number of benzene rings is 1. The third kappa shape index (κ3) is 7.14. The molecule has 3 rings (SSSR count). The summed E-state index contributed by atoms with van der Waals surface area (Å²) in [5.74, 6) is 2.37. The zero-order chi connectivity index (χ0) is 18.2. The zero-order valence-corrected chi connectivity index (χ0v) is 18.9. The molecule has 2 aliphatic heterocycles. The number of piperidine rings is 1. The van der Waals surface area contributed by atoms with Gasteiger partial charge in [0.15, 0.2) is 5.96 Å². The maximum atomic E-state index is 6.24. The van der Waals surface area contributed by atoms with Gasteiger partial charge in [-0.2, -0.15) is 0 Å². The standard InChI is InChI=1S/C21H34N4O.HI/c1-26-20-8-6-19(7-9-20)17-24-14-10-18(11-15-24)16-23-21(22)25-12-4-2-3-5-13-25;/h6-9,18H,2-5,10-17H2,1H3,(H2,22,23);1H. The first-order valence-corrected chi connectivity index (χ1v) is 10.1. The maximum absolute atomic E-state index is 6.24. The summed E-state index contributed by atoms with van der Waals surface area (Å²) in [6, 6.07) is 8.42. The first-order chi connectivity index (χ1) is 12.7. The van der Waals surface area contributed by atoms with E-state index in [1.165, 1.54) is 44.1 Å². The Kier molecular flexibility index (Phi) is 9.68. The Hall–Kier alpha value is -1.02. The first kappa shape index (κ1) is 22.3. The molecule has 0 saturated carbocycles. The molecule has 2 heterocycles. The molecule has 152 valence electrons.